The number of hydrogen-bond acceptors (Lipinski definition) is 3. The first-order valence-electron chi connectivity index (χ1n) is 7.67. The summed E-state index contributed by atoms with van der Waals surface area (Å²) in [6.07, 6.45) is 2.10. The molecule has 5 heteroatoms. The lowest BCUT2D eigenvalue weighted by Gasteiger charge is -2.46. The Morgan fingerprint density at radius 3 is 2.55 bits per heavy atom. The lowest BCUT2D eigenvalue weighted by molar-refractivity contribution is -0.142. The summed E-state index contributed by atoms with van der Waals surface area (Å²) in [5.41, 5.74) is -0.217. The van der Waals surface area contributed by atoms with E-state index in [0.29, 0.717) is 39.3 Å². The highest BCUT2D eigenvalue weighted by Gasteiger charge is 2.44. The molecule has 114 valence electrons. The van der Waals surface area contributed by atoms with Crippen molar-refractivity contribution in [3.8, 4) is 0 Å². The predicted octanol–water partition coefficient (Wildman–Crippen LogP) is 1.27. The molecule has 0 aromatic carbocycles. The summed E-state index contributed by atoms with van der Waals surface area (Å²) in [5.74, 6) is 0.310. The van der Waals surface area contributed by atoms with E-state index >= 15 is 0 Å². The Bertz CT molecular complexity index is 375. The van der Waals surface area contributed by atoms with E-state index in [9.17, 15) is 9.59 Å². The second kappa shape index (κ2) is 6.12. The fourth-order valence-electron chi connectivity index (χ4n) is 3.39. The Morgan fingerprint density at radius 2 is 2.00 bits per heavy atom. The zero-order valence-corrected chi connectivity index (χ0v) is 12.9. The van der Waals surface area contributed by atoms with Gasteiger partial charge in [-0.1, -0.05) is 13.8 Å². The summed E-state index contributed by atoms with van der Waals surface area (Å²) in [5, 5.41) is 0. The number of amides is 2. The quantitative estimate of drug-likeness (QED) is 0.766. The Morgan fingerprint density at radius 1 is 1.35 bits per heavy atom. The van der Waals surface area contributed by atoms with Crippen LogP contribution in [0.25, 0.3) is 0 Å². The second-order valence-electron chi connectivity index (χ2n) is 6.14. The fourth-order valence-corrected chi connectivity index (χ4v) is 3.39. The third kappa shape index (κ3) is 2.82. The van der Waals surface area contributed by atoms with E-state index in [-0.39, 0.29) is 23.3 Å². The van der Waals surface area contributed by atoms with Gasteiger partial charge in [-0.25, -0.2) is 0 Å². The molecule has 2 heterocycles. The molecule has 2 amide bonds. The molecule has 0 radical (unpaired) electrons. The van der Waals surface area contributed by atoms with Crippen LogP contribution in [-0.2, 0) is 14.3 Å². The van der Waals surface area contributed by atoms with Gasteiger partial charge in [0.05, 0.1) is 5.54 Å². The van der Waals surface area contributed by atoms with Crippen molar-refractivity contribution in [3.63, 3.8) is 0 Å². The van der Waals surface area contributed by atoms with Gasteiger partial charge in [-0.05, 0) is 19.8 Å². The lowest BCUT2D eigenvalue weighted by Crippen LogP contribution is -2.58. The zero-order chi connectivity index (χ0) is 14.8. The molecular formula is C15H26N2O3. The van der Waals surface area contributed by atoms with Crippen LogP contribution < -0.4 is 0 Å². The van der Waals surface area contributed by atoms with Gasteiger partial charge in [-0.15, -0.1) is 0 Å². The van der Waals surface area contributed by atoms with Gasteiger partial charge in [-0.3, -0.25) is 9.59 Å². The number of rotatable bonds is 2. The average molecular weight is 282 g/mol. The molecule has 2 aliphatic heterocycles. The van der Waals surface area contributed by atoms with Crippen LogP contribution in [0.1, 0.15) is 40.0 Å². The Balaban J connectivity index is 2.27. The van der Waals surface area contributed by atoms with E-state index in [1.165, 1.54) is 0 Å². The van der Waals surface area contributed by atoms with Crippen LogP contribution in [0, 0.1) is 5.92 Å². The molecule has 0 saturated carbocycles. The SMILES string of the molecule is CCN1C(=O)CCN(C(=O)C(C)C)CC12CCOCC2. The van der Waals surface area contributed by atoms with Crippen LogP contribution in [0.5, 0.6) is 0 Å². The highest BCUT2D eigenvalue weighted by atomic mass is 16.5. The fraction of sp³-hybridized carbons (Fsp3) is 0.867. The third-order valence-electron chi connectivity index (χ3n) is 4.50. The Labute approximate surface area is 121 Å². The van der Waals surface area contributed by atoms with Crippen LogP contribution in [0.15, 0.2) is 0 Å². The molecule has 2 aliphatic rings. The van der Waals surface area contributed by atoms with Crippen LogP contribution in [0.3, 0.4) is 0 Å². The molecular weight excluding hydrogens is 256 g/mol. The molecule has 0 aliphatic carbocycles. The number of nitrogens with zero attached hydrogens (tertiary/aromatic N) is 2. The maximum atomic E-state index is 12.4. The highest BCUT2D eigenvalue weighted by molar-refractivity contribution is 5.82. The standard InChI is InChI=1S/C15H26N2O3/c1-4-17-13(18)5-8-16(14(19)12(2)3)11-15(17)6-9-20-10-7-15/h12H,4-11H2,1-3H3. The molecule has 1 spiro atoms. The lowest BCUT2D eigenvalue weighted by atomic mass is 9.87. The van der Waals surface area contributed by atoms with Gasteiger partial charge in [-0.2, -0.15) is 0 Å². The van der Waals surface area contributed by atoms with Crippen LogP contribution in [0.2, 0.25) is 0 Å². The van der Waals surface area contributed by atoms with Gasteiger partial charge in [0.25, 0.3) is 0 Å². The van der Waals surface area contributed by atoms with Crippen LogP contribution in [-0.4, -0.2) is 60.0 Å². The zero-order valence-electron chi connectivity index (χ0n) is 12.9. The van der Waals surface area contributed by atoms with Crippen molar-refractivity contribution in [1.82, 2.24) is 9.80 Å². The van der Waals surface area contributed by atoms with Crippen molar-refractivity contribution in [2.75, 3.05) is 32.8 Å². The molecule has 0 N–H and O–H groups in total. The summed E-state index contributed by atoms with van der Waals surface area (Å²) in [6.45, 7) is 9.13. The minimum absolute atomic E-state index is 0.0184. The van der Waals surface area contributed by atoms with Gasteiger partial charge in [0, 0.05) is 45.2 Å². The summed E-state index contributed by atoms with van der Waals surface area (Å²) >= 11 is 0. The minimum atomic E-state index is -0.217. The number of likely N-dealkylation sites (N-methyl/N-ethyl adjacent to an activating group) is 1. The minimum Gasteiger partial charge on any atom is -0.381 e. The summed E-state index contributed by atoms with van der Waals surface area (Å²) in [7, 11) is 0. The molecule has 20 heavy (non-hydrogen) atoms. The molecule has 2 rings (SSSR count). The van der Waals surface area contributed by atoms with Crippen molar-refractivity contribution in [2.45, 2.75) is 45.6 Å². The van der Waals surface area contributed by atoms with Crippen molar-refractivity contribution < 1.29 is 14.3 Å². The Hall–Kier alpha value is -1.10. The smallest absolute Gasteiger partial charge is 0.225 e. The van der Waals surface area contributed by atoms with Crippen molar-refractivity contribution in [2.24, 2.45) is 5.92 Å². The first kappa shape index (κ1) is 15.3. The van der Waals surface area contributed by atoms with Gasteiger partial charge in [0.1, 0.15) is 0 Å². The molecule has 0 bridgehead atoms. The number of hydrogen-bond donors (Lipinski definition) is 0. The molecule has 0 unspecified atom stereocenters. The maximum Gasteiger partial charge on any atom is 0.225 e. The molecule has 0 aromatic rings. The van der Waals surface area contributed by atoms with E-state index in [2.05, 4.69) is 0 Å². The van der Waals surface area contributed by atoms with Crippen LogP contribution in [0.4, 0.5) is 0 Å². The average Bonchev–Trinajstić information content (AvgIpc) is 2.56. The summed E-state index contributed by atoms with van der Waals surface area (Å²) < 4.78 is 5.47. The Kier molecular flexibility index (Phi) is 4.68. The third-order valence-corrected chi connectivity index (χ3v) is 4.50. The van der Waals surface area contributed by atoms with Gasteiger partial charge >= 0.3 is 0 Å². The predicted molar refractivity (Wildman–Crippen MR) is 76.2 cm³/mol. The highest BCUT2D eigenvalue weighted by Crippen LogP contribution is 2.32. The topological polar surface area (TPSA) is 49.9 Å². The summed E-state index contributed by atoms with van der Waals surface area (Å²) in [4.78, 5) is 28.6. The van der Waals surface area contributed by atoms with Crippen molar-refractivity contribution in [1.29, 1.82) is 0 Å². The molecule has 2 fully saturated rings. The number of carbonyl (C=O) groups is 2. The van der Waals surface area contributed by atoms with E-state index in [0.717, 1.165) is 12.8 Å². The van der Waals surface area contributed by atoms with Gasteiger partial charge in [0.15, 0.2) is 0 Å². The van der Waals surface area contributed by atoms with E-state index in [1.54, 1.807) is 0 Å². The number of ether oxygens (including phenoxy) is 1. The number of carbonyl (C=O) groups excluding carboxylic acids is 2. The maximum absolute atomic E-state index is 12.4. The first-order valence-corrected chi connectivity index (χ1v) is 7.67. The van der Waals surface area contributed by atoms with E-state index in [1.807, 2.05) is 30.6 Å². The van der Waals surface area contributed by atoms with E-state index < -0.39 is 0 Å². The second-order valence-corrected chi connectivity index (χ2v) is 6.14. The first-order chi connectivity index (χ1) is 9.50. The largest absolute Gasteiger partial charge is 0.381 e. The molecule has 5 nitrogen and oxygen atoms in total. The monoisotopic (exact) mass is 282 g/mol. The molecule has 0 atom stereocenters. The normalized spacial score (nSPS) is 23.3. The molecule has 0 aromatic heterocycles. The van der Waals surface area contributed by atoms with Crippen molar-refractivity contribution >= 4 is 11.8 Å². The summed E-state index contributed by atoms with van der Waals surface area (Å²) in [6, 6.07) is 0. The molecule has 2 saturated heterocycles. The van der Waals surface area contributed by atoms with Gasteiger partial charge in [0.2, 0.25) is 11.8 Å². The van der Waals surface area contributed by atoms with Gasteiger partial charge < -0.3 is 14.5 Å². The van der Waals surface area contributed by atoms with Crippen molar-refractivity contribution in [3.05, 3.63) is 0 Å². The van der Waals surface area contributed by atoms with Crippen LogP contribution >= 0.6 is 0 Å². The van der Waals surface area contributed by atoms with E-state index in [4.69, 9.17) is 4.74 Å².